The maximum atomic E-state index is 12.9. The molecule has 3 fully saturated rings. The highest BCUT2D eigenvalue weighted by molar-refractivity contribution is 5.86. The lowest BCUT2D eigenvalue weighted by Gasteiger charge is -2.55. The molecule has 6 atom stereocenters. The van der Waals surface area contributed by atoms with Crippen LogP contribution in [0.1, 0.15) is 65.2 Å². The molecular formula is C19H28O2. The summed E-state index contributed by atoms with van der Waals surface area (Å²) in [6.45, 7) is 4.79. The Morgan fingerprint density at radius 1 is 1.24 bits per heavy atom. The fourth-order valence-corrected chi connectivity index (χ4v) is 6.19. The Hall–Kier alpha value is -0.630. The summed E-state index contributed by atoms with van der Waals surface area (Å²) in [6.07, 6.45) is 10.8. The van der Waals surface area contributed by atoms with Crippen molar-refractivity contribution in [1.29, 1.82) is 0 Å². The first kappa shape index (κ1) is 14.0. The molecule has 4 aliphatic rings. The summed E-state index contributed by atoms with van der Waals surface area (Å²) in [5, 5.41) is 10.0. The van der Waals surface area contributed by atoms with Crippen LogP contribution in [0.5, 0.6) is 0 Å². The first-order valence-electron chi connectivity index (χ1n) is 8.85. The second kappa shape index (κ2) is 4.44. The Balaban J connectivity index is 1.75. The molecule has 0 aromatic rings. The maximum absolute atomic E-state index is 12.9. The summed E-state index contributed by atoms with van der Waals surface area (Å²) in [6, 6.07) is 0. The number of carbonyl (C=O) groups is 1. The summed E-state index contributed by atoms with van der Waals surface area (Å²) in [4.78, 5) is 12.9. The molecule has 4 aliphatic carbocycles. The van der Waals surface area contributed by atoms with Gasteiger partial charge in [0.1, 0.15) is 5.78 Å². The summed E-state index contributed by atoms with van der Waals surface area (Å²) < 4.78 is 0. The summed E-state index contributed by atoms with van der Waals surface area (Å²) in [5.74, 6) is 1.66. The van der Waals surface area contributed by atoms with Crippen LogP contribution in [0.25, 0.3) is 0 Å². The maximum Gasteiger partial charge on any atom is 0.140 e. The monoisotopic (exact) mass is 288 g/mol. The number of fused-ring (bicyclic) bond motifs is 5. The average Bonchev–Trinajstić information content (AvgIpc) is 2.82. The smallest absolute Gasteiger partial charge is 0.140 e. The number of hydrogen-bond acceptors (Lipinski definition) is 2. The highest BCUT2D eigenvalue weighted by Crippen LogP contribution is 2.63. The Morgan fingerprint density at radius 3 is 2.86 bits per heavy atom. The summed E-state index contributed by atoms with van der Waals surface area (Å²) in [5.41, 5.74) is 2.03. The zero-order chi connectivity index (χ0) is 14.8. The predicted molar refractivity (Wildman–Crippen MR) is 82.7 cm³/mol. The van der Waals surface area contributed by atoms with E-state index in [9.17, 15) is 9.90 Å². The van der Waals surface area contributed by atoms with Gasteiger partial charge < -0.3 is 5.11 Å². The number of aliphatic hydroxyl groups is 1. The van der Waals surface area contributed by atoms with Crippen LogP contribution in [0, 0.1) is 28.6 Å². The molecule has 0 aromatic carbocycles. The zero-order valence-corrected chi connectivity index (χ0v) is 13.4. The van der Waals surface area contributed by atoms with E-state index >= 15 is 0 Å². The minimum absolute atomic E-state index is 0.182. The highest BCUT2D eigenvalue weighted by atomic mass is 16.3. The van der Waals surface area contributed by atoms with Gasteiger partial charge in [0.2, 0.25) is 0 Å². The van der Waals surface area contributed by atoms with Crippen molar-refractivity contribution < 1.29 is 9.90 Å². The average molecular weight is 288 g/mol. The van der Waals surface area contributed by atoms with Gasteiger partial charge in [-0.15, -0.1) is 0 Å². The number of rotatable bonds is 0. The molecule has 21 heavy (non-hydrogen) atoms. The molecule has 0 heterocycles. The first-order chi connectivity index (χ1) is 9.94. The highest BCUT2D eigenvalue weighted by Gasteiger charge is 2.57. The van der Waals surface area contributed by atoms with Crippen molar-refractivity contribution >= 4 is 5.78 Å². The Morgan fingerprint density at radius 2 is 2.05 bits per heavy atom. The third-order valence-electron chi connectivity index (χ3n) is 7.59. The molecule has 4 rings (SSSR count). The number of allylic oxidation sites excluding steroid dienone is 2. The van der Waals surface area contributed by atoms with Gasteiger partial charge in [0.15, 0.2) is 0 Å². The van der Waals surface area contributed by atoms with Gasteiger partial charge in [0.25, 0.3) is 0 Å². The number of aliphatic hydroxyl groups excluding tert-OH is 1. The molecule has 0 radical (unpaired) electrons. The lowest BCUT2D eigenvalue weighted by molar-refractivity contribution is -0.132. The van der Waals surface area contributed by atoms with Gasteiger partial charge in [0.05, 0.1) is 6.10 Å². The van der Waals surface area contributed by atoms with Crippen LogP contribution in [-0.4, -0.2) is 17.0 Å². The van der Waals surface area contributed by atoms with Crippen molar-refractivity contribution in [2.45, 2.75) is 71.3 Å². The van der Waals surface area contributed by atoms with E-state index in [0.717, 1.165) is 19.3 Å². The molecule has 1 N–H and O–H groups in total. The van der Waals surface area contributed by atoms with Crippen LogP contribution in [-0.2, 0) is 4.79 Å². The molecule has 0 aromatic heterocycles. The molecule has 2 nitrogen and oxygen atoms in total. The molecule has 0 aliphatic heterocycles. The quantitative estimate of drug-likeness (QED) is 0.687. The van der Waals surface area contributed by atoms with Crippen molar-refractivity contribution in [1.82, 2.24) is 0 Å². The van der Waals surface area contributed by atoms with E-state index in [4.69, 9.17) is 0 Å². The van der Waals surface area contributed by atoms with Gasteiger partial charge in [-0.3, -0.25) is 4.79 Å². The van der Waals surface area contributed by atoms with Crippen LogP contribution >= 0.6 is 0 Å². The largest absolute Gasteiger partial charge is 0.393 e. The molecule has 116 valence electrons. The minimum atomic E-state index is -0.187. The van der Waals surface area contributed by atoms with E-state index in [-0.39, 0.29) is 17.4 Å². The SMILES string of the molecule is C[C@]12CC=C3[C@@H](C(=O)CC4CC(O)CC[C@]34C)[C@@H]1CCC2. The van der Waals surface area contributed by atoms with Gasteiger partial charge in [-0.05, 0) is 61.2 Å². The van der Waals surface area contributed by atoms with Crippen LogP contribution in [0.2, 0.25) is 0 Å². The molecule has 0 spiro atoms. The second-order valence-corrected chi connectivity index (χ2v) is 8.71. The Kier molecular flexibility index (Phi) is 2.96. The van der Waals surface area contributed by atoms with Crippen molar-refractivity contribution in [3.8, 4) is 0 Å². The third kappa shape index (κ3) is 1.84. The Labute approximate surface area is 128 Å². The molecule has 2 unspecified atom stereocenters. The third-order valence-corrected chi connectivity index (χ3v) is 7.59. The van der Waals surface area contributed by atoms with Crippen LogP contribution in [0.3, 0.4) is 0 Å². The number of ketones is 1. The van der Waals surface area contributed by atoms with E-state index < -0.39 is 0 Å². The molecule has 0 amide bonds. The topological polar surface area (TPSA) is 37.3 Å². The van der Waals surface area contributed by atoms with Crippen LogP contribution < -0.4 is 0 Å². The predicted octanol–water partition coefficient (Wildman–Crippen LogP) is 3.88. The van der Waals surface area contributed by atoms with E-state index in [1.807, 2.05) is 0 Å². The standard InChI is InChI=1S/C19H28O2/c1-18-7-3-4-14(18)17-15(6-8-18)19(2)9-5-13(20)10-12(19)11-16(17)21/h6,12-14,17,20H,3-5,7-11H2,1-2H3/t12?,13?,14-,17-,18-,19-/m0/s1. The molecular weight excluding hydrogens is 260 g/mol. The van der Waals surface area contributed by atoms with E-state index in [0.29, 0.717) is 29.5 Å². The Bertz CT molecular complexity index is 508. The van der Waals surface area contributed by atoms with Gasteiger partial charge in [-0.25, -0.2) is 0 Å². The van der Waals surface area contributed by atoms with E-state index in [1.165, 1.54) is 31.3 Å². The zero-order valence-electron chi connectivity index (χ0n) is 13.4. The molecule has 0 bridgehead atoms. The molecule has 2 heteroatoms. The van der Waals surface area contributed by atoms with Crippen LogP contribution in [0.4, 0.5) is 0 Å². The molecule has 3 saturated carbocycles. The fourth-order valence-electron chi connectivity index (χ4n) is 6.19. The minimum Gasteiger partial charge on any atom is -0.393 e. The fraction of sp³-hybridized carbons (Fsp3) is 0.842. The van der Waals surface area contributed by atoms with Crippen molar-refractivity contribution in [2.75, 3.05) is 0 Å². The van der Waals surface area contributed by atoms with Crippen molar-refractivity contribution in [3.63, 3.8) is 0 Å². The van der Waals surface area contributed by atoms with Crippen LogP contribution in [0.15, 0.2) is 11.6 Å². The number of hydrogen-bond donors (Lipinski definition) is 1. The van der Waals surface area contributed by atoms with E-state index in [2.05, 4.69) is 19.9 Å². The van der Waals surface area contributed by atoms with Crippen molar-refractivity contribution in [3.05, 3.63) is 11.6 Å². The molecule has 0 saturated heterocycles. The summed E-state index contributed by atoms with van der Waals surface area (Å²) in [7, 11) is 0. The van der Waals surface area contributed by atoms with Gasteiger partial charge in [-0.2, -0.15) is 0 Å². The van der Waals surface area contributed by atoms with Gasteiger partial charge in [0, 0.05) is 12.3 Å². The first-order valence-corrected chi connectivity index (χ1v) is 8.85. The second-order valence-electron chi connectivity index (χ2n) is 8.71. The summed E-state index contributed by atoms with van der Waals surface area (Å²) >= 11 is 0. The van der Waals surface area contributed by atoms with E-state index in [1.54, 1.807) is 0 Å². The lowest BCUT2D eigenvalue weighted by Crippen LogP contribution is -2.51. The number of carbonyl (C=O) groups excluding carboxylic acids is 1. The lowest BCUT2D eigenvalue weighted by atomic mass is 9.49. The van der Waals surface area contributed by atoms with Crippen molar-refractivity contribution in [2.24, 2.45) is 28.6 Å². The van der Waals surface area contributed by atoms with Gasteiger partial charge in [-0.1, -0.05) is 31.9 Å². The normalized spacial score (nSPS) is 52.7. The number of Topliss-reactive ketones (excluding diaryl/α,β-unsaturated/α-hetero) is 1. The van der Waals surface area contributed by atoms with Gasteiger partial charge >= 0.3 is 0 Å².